The van der Waals surface area contributed by atoms with E-state index >= 15 is 0 Å². The Balaban J connectivity index is 3.46. The maximum Gasteiger partial charge on any atom is 0.0978 e. The molecule has 3 heteroatoms. The molecule has 0 saturated carbocycles. The highest BCUT2D eigenvalue weighted by atomic mass is 127. The Morgan fingerprint density at radius 1 is 1.71 bits per heavy atom. The molecule has 0 spiro atoms. The number of hydrogen-bond acceptors (Lipinski definition) is 2. The van der Waals surface area contributed by atoms with E-state index in [1.54, 1.807) is 6.21 Å². The van der Waals surface area contributed by atoms with Gasteiger partial charge in [-0.25, -0.2) is 0 Å². The minimum atomic E-state index is 0.954. The van der Waals surface area contributed by atoms with Crippen molar-refractivity contribution in [2.75, 3.05) is 0 Å². The lowest BCUT2D eigenvalue weighted by Gasteiger charge is -1.74. The molecule has 7 heavy (non-hydrogen) atoms. The largest absolute Gasteiger partial charge is 0.163 e. The van der Waals surface area contributed by atoms with E-state index in [0.717, 1.165) is 3.72 Å². The first kappa shape index (κ1) is 7.07. The summed E-state index contributed by atoms with van der Waals surface area (Å²) in [7, 11) is 0. The van der Waals surface area contributed by atoms with Gasteiger partial charge in [0.25, 0.3) is 0 Å². The van der Waals surface area contributed by atoms with Crippen molar-refractivity contribution in [1.29, 1.82) is 0 Å². The van der Waals surface area contributed by atoms with Gasteiger partial charge in [0.2, 0.25) is 0 Å². The van der Waals surface area contributed by atoms with Crippen LogP contribution in [0.1, 0.15) is 13.8 Å². The molecule has 0 heterocycles. The summed E-state index contributed by atoms with van der Waals surface area (Å²) in [5, 5.41) is 7.34. The second-order valence-electron chi connectivity index (χ2n) is 0.971. The van der Waals surface area contributed by atoms with Gasteiger partial charge in [-0.05, 0) is 36.4 Å². The fourth-order valence-electron chi connectivity index (χ4n) is 0.137. The molecule has 0 amide bonds. The Kier molecular flexibility index (Phi) is 4.28. The van der Waals surface area contributed by atoms with Crippen LogP contribution in [0.2, 0.25) is 0 Å². The molecule has 0 N–H and O–H groups in total. The van der Waals surface area contributed by atoms with Crippen LogP contribution in [0.5, 0.6) is 0 Å². The molecule has 0 aromatic rings. The fraction of sp³-hybridized carbons (Fsp3) is 0.500. The molecule has 0 radical (unpaired) electrons. The van der Waals surface area contributed by atoms with Crippen molar-refractivity contribution in [2.45, 2.75) is 13.8 Å². The SMILES string of the molecule is C/C=N\N=C(\C)I. The monoisotopic (exact) mass is 210 g/mol. The standard InChI is InChI=1S/C4H7IN2/c1-3-6-7-4(2)5/h3H,1-2H3/b6-3-,7-4-. The molecule has 40 valence electrons. The summed E-state index contributed by atoms with van der Waals surface area (Å²) in [5.41, 5.74) is 0. The summed E-state index contributed by atoms with van der Waals surface area (Å²) >= 11 is 2.10. The minimum Gasteiger partial charge on any atom is -0.163 e. The highest BCUT2D eigenvalue weighted by Crippen LogP contribution is 1.86. The van der Waals surface area contributed by atoms with Crippen molar-refractivity contribution in [1.82, 2.24) is 0 Å². The first-order valence-electron chi connectivity index (χ1n) is 1.95. The van der Waals surface area contributed by atoms with Gasteiger partial charge in [0, 0.05) is 6.21 Å². The van der Waals surface area contributed by atoms with Crippen molar-refractivity contribution < 1.29 is 0 Å². The molecule has 0 saturated heterocycles. The minimum absolute atomic E-state index is 0.954. The molecular weight excluding hydrogens is 203 g/mol. The van der Waals surface area contributed by atoms with Crippen molar-refractivity contribution in [2.24, 2.45) is 10.2 Å². The Labute approximate surface area is 56.9 Å². The van der Waals surface area contributed by atoms with Gasteiger partial charge in [-0.1, -0.05) is 0 Å². The van der Waals surface area contributed by atoms with Gasteiger partial charge in [0.05, 0.1) is 3.72 Å². The fourth-order valence-corrected chi connectivity index (χ4v) is 0.262. The summed E-state index contributed by atoms with van der Waals surface area (Å²) < 4.78 is 0.954. The van der Waals surface area contributed by atoms with Gasteiger partial charge in [0.1, 0.15) is 0 Å². The molecule has 0 unspecified atom stereocenters. The van der Waals surface area contributed by atoms with Crippen LogP contribution >= 0.6 is 22.6 Å². The van der Waals surface area contributed by atoms with E-state index in [4.69, 9.17) is 0 Å². The Morgan fingerprint density at radius 2 is 2.29 bits per heavy atom. The maximum absolute atomic E-state index is 3.72. The Bertz CT molecular complexity index is 91.9. The van der Waals surface area contributed by atoms with Crippen molar-refractivity contribution in [3.05, 3.63) is 0 Å². The highest BCUT2D eigenvalue weighted by molar-refractivity contribution is 14.1. The maximum atomic E-state index is 3.72. The second-order valence-corrected chi connectivity index (χ2v) is 2.53. The third kappa shape index (κ3) is 6.07. The van der Waals surface area contributed by atoms with Gasteiger partial charge in [-0.2, -0.15) is 5.10 Å². The van der Waals surface area contributed by atoms with E-state index in [0.29, 0.717) is 0 Å². The molecule has 0 bridgehead atoms. The van der Waals surface area contributed by atoms with Crippen molar-refractivity contribution >= 4 is 32.5 Å². The van der Waals surface area contributed by atoms with Crippen LogP contribution in [0.3, 0.4) is 0 Å². The van der Waals surface area contributed by atoms with Gasteiger partial charge in [0.15, 0.2) is 0 Å². The number of hydrogen-bond donors (Lipinski definition) is 0. The molecule has 0 rings (SSSR count). The average Bonchev–Trinajstić information content (AvgIpc) is 1.61. The summed E-state index contributed by atoms with van der Waals surface area (Å²) in [6.45, 7) is 3.73. The van der Waals surface area contributed by atoms with Gasteiger partial charge in [-0.15, -0.1) is 5.10 Å². The van der Waals surface area contributed by atoms with Crippen LogP contribution in [0.25, 0.3) is 0 Å². The van der Waals surface area contributed by atoms with E-state index in [2.05, 4.69) is 32.8 Å². The van der Waals surface area contributed by atoms with Crippen LogP contribution < -0.4 is 0 Å². The zero-order valence-electron chi connectivity index (χ0n) is 4.35. The van der Waals surface area contributed by atoms with Gasteiger partial charge >= 0.3 is 0 Å². The lowest BCUT2D eigenvalue weighted by molar-refractivity contribution is 1.26. The predicted molar refractivity (Wildman–Crippen MR) is 41.3 cm³/mol. The molecule has 0 aliphatic rings. The molecule has 0 aliphatic carbocycles. The molecule has 2 nitrogen and oxygen atoms in total. The molecule has 0 fully saturated rings. The summed E-state index contributed by atoms with van der Waals surface area (Å²) in [6, 6.07) is 0. The van der Waals surface area contributed by atoms with Crippen LogP contribution in [-0.2, 0) is 0 Å². The van der Waals surface area contributed by atoms with Gasteiger partial charge in [-0.3, -0.25) is 0 Å². The topological polar surface area (TPSA) is 24.7 Å². The summed E-state index contributed by atoms with van der Waals surface area (Å²) in [5.74, 6) is 0. The summed E-state index contributed by atoms with van der Waals surface area (Å²) in [4.78, 5) is 0. The Hall–Kier alpha value is 0.0700. The van der Waals surface area contributed by atoms with Crippen molar-refractivity contribution in [3.8, 4) is 0 Å². The first-order chi connectivity index (χ1) is 3.27. The van der Waals surface area contributed by atoms with Crippen LogP contribution in [0.15, 0.2) is 10.2 Å². The van der Waals surface area contributed by atoms with Gasteiger partial charge < -0.3 is 0 Å². The molecule has 0 aliphatic heterocycles. The number of halogens is 1. The second kappa shape index (κ2) is 4.23. The number of nitrogens with zero attached hydrogens (tertiary/aromatic N) is 2. The lowest BCUT2D eigenvalue weighted by Crippen LogP contribution is -1.68. The first-order valence-corrected chi connectivity index (χ1v) is 3.03. The quantitative estimate of drug-likeness (QED) is 0.358. The van der Waals surface area contributed by atoms with Crippen molar-refractivity contribution in [3.63, 3.8) is 0 Å². The van der Waals surface area contributed by atoms with E-state index in [-0.39, 0.29) is 0 Å². The summed E-state index contributed by atoms with van der Waals surface area (Å²) in [6.07, 6.45) is 1.65. The molecule has 0 atom stereocenters. The highest BCUT2D eigenvalue weighted by Gasteiger charge is 1.70. The molecule has 0 aromatic carbocycles. The van der Waals surface area contributed by atoms with E-state index in [1.807, 2.05) is 13.8 Å². The normalized spacial score (nSPS) is 13.3. The zero-order valence-corrected chi connectivity index (χ0v) is 6.51. The molecular formula is C4H7IN2. The zero-order chi connectivity index (χ0) is 5.70. The van der Waals surface area contributed by atoms with E-state index in [1.165, 1.54) is 0 Å². The van der Waals surface area contributed by atoms with E-state index < -0.39 is 0 Å². The van der Waals surface area contributed by atoms with Crippen LogP contribution in [-0.4, -0.2) is 9.93 Å². The average molecular weight is 210 g/mol. The lowest BCUT2D eigenvalue weighted by atomic mass is 10.9. The third-order valence-corrected chi connectivity index (χ3v) is 0.527. The Morgan fingerprint density at radius 3 is 2.43 bits per heavy atom. The third-order valence-electron chi connectivity index (χ3n) is 0.311. The smallest absolute Gasteiger partial charge is 0.0978 e. The number of rotatable bonds is 1. The van der Waals surface area contributed by atoms with Crippen LogP contribution in [0.4, 0.5) is 0 Å². The predicted octanol–water partition coefficient (Wildman–Crippen LogP) is 1.85. The van der Waals surface area contributed by atoms with Crippen LogP contribution in [0, 0.1) is 0 Å². The van der Waals surface area contributed by atoms with E-state index in [9.17, 15) is 0 Å². The molecule has 0 aromatic heterocycles.